The molecule has 5 rings (SSSR count). The van der Waals surface area contributed by atoms with Crippen LogP contribution in [-0.2, 0) is 12.7 Å². The quantitative estimate of drug-likeness (QED) is 0.297. The summed E-state index contributed by atoms with van der Waals surface area (Å²) in [4.78, 5) is 18.8. The molecule has 0 aliphatic heterocycles. The van der Waals surface area contributed by atoms with Gasteiger partial charge in [0.2, 0.25) is 0 Å². The monoisotopic (exact) mass is 469 g/mol. The lowest BCUT2D eigenvalue weighted by atomic mass is 10.1. The molecule has 166 valence electrons. The summed E-state index contributed by atoms with van der Waals surface area (Å²) in [6.07, 6.45) is -3.13. The third kappa shape index (κ3) is 4.12. The summed E-state index contributed by atoms with van der Waals surface area (Å²) in [6, 6.07) is 17.7. The summed E-state index contributed by atoms with van der Waals surface area (Å²) in [5, 5.41) is 3.97. The number of benzene rings is 2. The van der Waals surface area contributed by atoms with Gasteiger partial charge in [0.15, 0.2) is 16.6 Å². The standard InChI is InChI=1S/C23H14F3N3O3S/c24-23(25,26)16-9-4-10-19-20(16)27-22(33-19)29(13-15-8-5-11-31-15)21(30)17-12-18(32-28-17)14-6-2-1-3-7-14/h1-12H,13H2. The molecular weight excluding hydrogens is 455 g/mol. The second-order valence-electron chi connectivity index (χ2n) is 7.06. The smallest absolute Gasteiger partial charge is 0.418 e. The number of anilines is 1. The SMILES string of the molecule is O=C(c1cc(-c2ccccc2)on1)N(Cc1ccco1)c1nc2c(C(F)(F)F)cccc2s1. The summed E-state index contributed by atoms with van der Waals surface area (Å²) >= 11 is 0.978. The van der Waals surface area contributed by atoms with Gasteiger partial charge in [0.25, 0.3) is 5.91 Å². The predicted octanol–water partition coefficient (Wildman–Crippen LogP) is 6.41. The zero-order chi connectivity index (χ0) is 23.0. The van der Waals surface area contributed by atoms with Crippen molar-refractivity contribution in [2.75, 3.05) is 4.90 Å². The molecule has 6 nitrogen and oxygen atoms in total. The Morgan fingerprint density at radius 3 is 2.58 bits per heavy atom. The van der Waals surface area contributed by atoms with Crippen LogP contribution >= 0.6 is 11.3 Å². The van der Waals surface area contributed by atoms with E-state index in [1.807, 2.05) is 30.3 Å². The van der Waals surface area contributed by atoms with Crippen LogP contribution < -0.4 is 4.90 Å². The minimum Gasteiger partial charge on any atom is -0.467 e. The first kappa shape index (κ1) is 21.0. The normalized spacial score (nSPS) is 11.7. The van der Waals surface area contributed by atoms with E-state index in [0.717, 1.165) is 23.0 Å². The van der Waals surface area contributed by atoms with Gasteiger partial charge in [0.1, 0.15) is 5.76 Å². The molecule has 0 saturated carbocycles. The van der Waals surface area contributed by atoms with E-state index in [0.29, 0.717) is 16.2 Å². The van der Waals surface area contributed by atoms with Crippen LogP contribution in [0.3, 0.4) is 0 Å². The van der Waals surface area contributed by atoms with E-state index in [1.54, 1.807) is 12.1 Å². The van der Waals surface area contributed by atoms with Crippen LogP contribution in [0.25, 0.3) is 21.5 Å². The van der Waals surface area contributed by atoms with Gasteiger partial charge < -0.3 is 8.94 Å². The number of alkyl halides is 3. The van der Waals surface area contributed by atoms with Gasteiger partial charge in [-0.25, -0.2) is 4.98 Å². The van der Waals surface area contributed by atoms with E-state index < -0.39 is 17.6 Å². The highest BCUT2D eigenvalue weighted by Crippen LogP contribution is 2.39. The summed E-state index contributed by atoms with van der Waals surface area (Å²) in [7, 11) is 0. The molecular formula is C23H14F3N3O3S. The van der Waals surface area contributed by atoms with Crippen LogP contribution in [-0.4, -0.2) is 16.0 Å². The maximum absolute atomic E-state index is 13.5. The van der Waals surface area contributed by atoms with Gasteiger partial charge >= 0.3 is 6.18 Å². The van der Waals surface area contributed by atoms with Gasteiger partial charge in [-0.15, -0.1) is 0 Å². The number of aromatic nitrogens is 2. The highest BCUT2D eigenvalue weighted by molar-refractivity contribution is 7.22. The zero-order valence-corrected chi connectivity index (χ0v) is 17.6. The lowest BCUT2D eigenvalue weighted by Crippen LogP contribution is -2.30. The Morgan fingerprint density at radius 1 is 1.03 bits per heavy atom. The number of fused-ring (bicyclic) bond motifs is 1. The van der Waals surface area contributed by atoms with Crippen LogP contribution in [0.15, 0.2) is 81.9 Å². The highest BCUT2D eigenvalue weighted by Gasteiger charge is 2.35. The molecule has 0 radical (unpaired) electrons. The van der Waals surface area contributed by atoms with E-state index in [2.05, 4.69) is 10.1 Å². The van der Waals surface area contributed by atoms with E-state index in [-0.39, 0.29) is 22.9 Å². The number of hydrogen-bond donors (Lipinski definition) is 0. The zero-order valence-electron chi connectivity index (χ0n) is 16.7. The number of thiazole rings is 1. The van der Waals surface area contributed by atoms with Crippen molar-refractivity contribution in [2.24, 2.45) is 0 Å². The lowest BCUT2D eigenvalue weighted by Gasteiger charge is -2.17. The number of nitrogens with zero attached hydrogens (tertiary/aromatic N) is 3. The molecule has 0 unspecified atom stereocenters. The molecule has 1 amide bonds. The average Bonchev–Trinajstić information content (AvgIpc) is 3.57. The molecule has 10 heteroatoms. The topological polar surface area (TPSA) is 72.4 Å². The van der Waals surface area contributed by atoms with Gasteiger partial charge in [0, 0.05) is 11.6 Å². The van der Waals surface area contributed by atoms with E-state index in [1.165, 1.54) is 29.4 Å². The first-order valence-corrected chi connectivity index (χ1v) is 10.5. The van der Waals surface area contributed by atoms with Crippen LogP contribution in [0.2, 0.25) is 0 Å². The Hall–Kier alpha value is -3.92. The molecule has 5 aromatic rings. The Bertz CT molecular complexity index is 1410. The van der Waals surface area contributed by atoms with Crippen LogP contribution in [0.4, 0.5) is 18.3 Å². The van der Waals surface area contributed by atoms with E-state index in [9.17, 15) is 18.0 Å². The number of furan rings is 1. The highest BCUT2D eigenvalue weighted by atomic mass is 32.1. The van der Waals surface area contributed by atoms with Crippen molar-refractivity contribution in [1.82, 2.24) is 10.1 Å². The van der Waals surface area contributed by atoms with Crippen molar-refractivity contribution in [3.05, 3.63) is 90.0 Å². The fourth-order valence-electron chi connectivity index (χ4n) is 3.32. The van der Waals surface area contributed by atoms with Crippen molar-refractivity contribution in [3.63, 3.8) is 0 Å². The first-order chi connectivity index (χ1) is 15.9. The van der Waals surface area contributed by atoms with Gasteiger partial charge in [0.05, 0.1) is 28.6 Å². The third-order valence-electron chi connectivity index (χ3n) is 4.87. The van der Waals surface area contributed by atoms with Crippen LogP contribution in [0, 0.1) is 0 Å². The number of rotatable bonds is 5. The van der Waals surface area contributed by atoms with Crippen molar-refractivity contribution in [2.45, 2.75) is 12.7 Å². The van der Waals surface area contributed by atoms with Crippen molar-refractivity contribution < 1.29 is 26.9 Å². The van der Waals surface area contributed by atoms with E-state index >= 15 is 0 Å². The maximum atomic E-state index is 13.5. The predicted molar refractivity (Wildman–Crippen MR) is 116 cm³/mol. The minimum atomic E-state index is -4.57. The Morgan fingerprint density at radius 2 is 1.85 bits per heavy atom. The molecule has 3 aromatic heterocycles. The molecule has 0 bridgehead atoms. The average molecular weight is 469 g/mol. The molecule has 33 heavy (non-hydrogen) atoms. The summed E-state index contributed by atoms with van der Waals surface area (Å²) in [5.41, 5.74) is -0.347. The van der Waals surface area contributed by atoms with Gasteiger partial charge in [-0.1, -0.05) is 52.9 Å². The number of para-hydroxylation sites is 1. The van der Waals surface area contributed by atoms with Gasteiger partial charge in [-0.05, 0) is 24.3 Å². The number of hydrogen-bond acceptors (Lipinski definition) is 6. The number of halogens is 3. The first-order valence-electron chi connectivity index (χ1n) is 9.73. The van der Waals surface area contributed by atoms with Gasteiger partial charge in [-0.3, -0.25) is 9.69 Å². The summed E-state index contributed by atoms with van der Waals surface area (Å²) in [6.45, 7) is -0.0411. The molecule has 0 N–H and O–H groups in total. The van der Waals surface area contributed by atoms with Gasteiger partial charge in [-0.2, -0.15) is 13.2 Å². The second kappa shape index (κ2) is 8.21. The minimum absolute atomic E-state index is 0.00397. The lowest BCUT2D eigenvalue weighted by molar-refractivity contribution is -0.136. The molecule has 0 atom stereocenters. The Kier molecular flexibility index (Phi) is 5.21. The molecule has 0 fully saturated rings. The van der Waals surface area contributed by atoms with Crippen molar-refractivity contribution >= 4 is 32.6 Å². The molecule has 0 saturated heterocycles. The molecule has 2 aromatic carbocycles. The maximum Gasteiger partial charge on any atom is 0.418 e. The van der Waals surface area contributed by atoms with Crippen molar-refractivity contribution in [1.29, 1.82) is 0 Å². The third-order valence-corrected chi connectivity index (χ3v) is 5.91. The second-order valence-corrected chi connectivity index (χ2v) is 8.07. The number of carbonyl (C=O) groups excluding carboxylic acids is 1. The largest absolute Gasteiger partial charge is 0.467 e. The Balaban J connectivity index is 1.56. The van der Waals surface area contributed by atoms with Crippen LogP contribution in [0.1, 0.15) is 21.8 Å². The molecule has 3 heterocycles. The molecule has 0 spiro atoms. The number of carbonyl (C=O) groups is 1. The van der Waals surface area contributed by atoms with Crippen molar-refractivity contribution in [3.8, 4) is 11.3 Å². The fourth-order valence-corrected chi connectivity index (χ4v) is 4.31. The number of amides is 1. The molecule has 0 aliphatic rings. The van der Waals surface area contributed by atoms with E-state index in [4.69, 9.17) is 8.94 Å². The molecule has 0 aliphatic carbocycles. The van der Waals surface area contributed by atoms with Crippen LogP contribution in [0.5, 0.6) is 0 Å². The fraction of sp³-hybridized carbons (Fsp3) is 0.0870. The Labute approximate surface area is 188 Å². The summed E-state index contributed by atoms with van der Waals surface area (Å²) in [5.74, 6) is 0.246. The summed E-state index contributed by atoms with van der Waals surface area (Å²) < 4.78 is 51.4.